The third-order valence-corrected chi connectivity index (χ3v) is 2.53. The highest BCUT2D eigenvalue weighted by atomic mass is 19.1. The Hall–Kier alpha value is -0.0700. The molecule has 0 saturated heterocycles. The molecule has 0 aromatic rings. The summed E-state index contributed by atoms with van der Waals surface area (Å²) in [5.74, 6) is 0.324. The Labute approximate surface area is 76.6 Å². The highest BCUT2D eigenvalue weighted by molar-refractivity contribution is 4.67. The van der Waals surface area contributed by atoms with Gasteiger partial charge in [0.1, 0.15) is 6.17 Å². The topological polar surface area (TPSA) is 0 Å². The Morgan fingerprint density at radius 3 is 2.08 bits per heavy atom. The summed E-state index contributed by atoms with van der Waals surface area (Å²) in [5.41, 5.74) is 0. The molecule has 0 aliphatic rings. The lowest BCUT2D eigenvalue weighted by atomic mass is 9.92. The predicted molar refractivity (Wildman–Crippen MR) is 53.1 cm³/mol. The molecule has 12 heavy (non-hydrogen) atoms. The molecule has 0 radical (unpaired) electrons. The Balaban J connectivity index is 3.62. The van der Waals surface area contributed by atoms with Crippen LogP contribution in [0.2, 0.25) is 0 Å². The van der Waals surface area contributed by atoms with Crippen molar-refractivity contribution < 1.29 is 4.39 Å². The second kappa shape index (κ2) is 7.57. The first kappa shape index (κ1) is 11.9. The summed E-state index contributed by atoms with van der Waals surface area (Å²) < 4.78 is 13.4. The van der Waals surface area contributed by atoms with Crippen LogP contribution in [0.4, 0.5) is 4.39 Å². The molecule has 0 aromatic carbocycles. The van der Waals surface area contributed by atoms with Crippen molar-refractivity contribution in [2.24, 2.45) is 5.92 Å². The van der Waals surface area contributed by atoms with Gasteiger partial charge in [0, 0.05) is 0 Å². The summed E-state index contributed by atoms with van der Waals surface area (Å²) >= 11 is 0. The Morgan fingerprint density at radius 2 is 1.67 bits per heavy atom. The van der Waals surface area contributed by atoms with E-state index in [2.05, 4.69) is 20.8 Å². The smallest absolute Gasteiger partial charge is 0.103 e. The number of unbranched alkanes of at least 4 members (excludes halogenated alkanes) is 1. The van der Waals surface area contributed by atoms with Crippen LogP contribution in [0.5, 0.6) is 0 Å². The van der Waals surface area contributed by atoms with Crippen LogP contribution < -0.4 is 0 Å². The first-order valence-electron chi connectivity index (χ1n) is 5.40. The fourth-order valence-corrected chi connectivity index (χ4v) is 1.62. The monoisotopic (exact) mass is 174 g/mol. The van der Waals surface area contributed by atoms with Crippen molar-refractivity contribution >= 4 is 0 Å². The van der Waals surface area contributed by atoms with Crippen molar-refractivity contribution in [1.82, 2.24) is 0 Å². The maximum absolute atomic E-state index is 13.4. The molecule has 0 aliphatic heterocycles. The number of halogens is 1. The lowest BCUT2D eigenvalue weighted by molar-refractivity contribution is 0.194. The van der Waals surface area contributed by atoms with Crippen molar-refractivity contribution in [3.8, 4) is 0 Å². The van der Waals surface area contributed by atoms with Crippen LogP contribution >= 0.6 is 0 Å². The zero-order valence-electron chi connectivity index (χ0n) is 8.78. The first-order chi connectivity index (χ1) is 5.76. The summed E-state index contributed by atoms with van der Waals surface area (Å²) in [7, 11) is 0. The molecule has 74 valence electrons. The average Bonchev–Trinajstić information content (AvgIpc) is 2.06. The van der Waals surface area contributed by atoms with Gasteiger partial charge in [-0.3, -0.25) is 0 Å². The molecule has 2 atom stereocenters. The van der Waals surface area contributed by atoms with E-state index in [9.17, 15) is 4.39 Å². The molecule has 0 heterocycles. The highest BCUT2D eigenvalue weighted by Gasteiger charge is 2.17. The largest absolute Gasteiger partial charge is 0.247 e. The van der Waals surface area contributed by atoms with Crippen LogP contribution in [0.15, 0.2) is 0 Å². The van der Waals surface area contributed by atoms with E-state index >= 15 is 0 Å². The summed E-state index contributed by atoms with van der Waals surface area (Å²) in [4.78, 5) is 0. The molecule has 0 bridgehead atoms. The fraction of sp³-hybridized carbons (Fsp3) is 1.00. The van der Waals surface area contributed by atoms with Gasteiger partial charge in [-0.05, 0) is 18.8 Å². The first-order valence-corrected chi connectivity index (χ1v) is 5.40. The van der Waals surface area contributed by atoms with E-state index in [0.29, 0.717) is 5.92 Å². The summed E-state index contributed by atoms with van der Waals surface area (Å²) in [5, 5.41) is 0. The maximum atomic E-state index is 13.4. The van der Waals surface area contributed by atoms with Crippen molar-refractivity contribution in [2.75, 3.05) is 0 Å². The molecule has 2 unspecified atom stereocenters. The molecular formula is C11H23F. The summed E-state index contributed by atoms with van der Waals surface area (Å²) in [6.45, 7) is 6.32. The van der Waals surface area contributed by atoms with Gasteiger partial charge < -0.3 is 0 Å². The lowest BCUT2D eigenvalue weighted by Crippen LogP contribution is -2.14. The maximum Gasteiger partial charge on any atom is 0.103 e. The quantitative estimate of drug-likeness (QED) is 0.538. The number of hydrogen-bond acceptors (Lipinski definition) is 0. The lowest BCUT2D eigenvalue weighted by Gasteiger charge is -2.18. The van der Waals surface area contributed by atoms with Crippen molar-refractivity contribution in [2.45, 2.75) is 65.5 Å². The SMILES string of the molecule is CCCCC(CC)C(F)CCC. The molecule has 0 aliphatic carbocycles. The minimum Gasteiger partial charge on any atom is -0.247 e. The van der Waals surface area contributed by atoms with Gasteiger partial charge in [0.2, 0.25) is 0 Å². The van der Waals surface area contributed by atoms with Crippen molar-refractivity contribution in [1.29, 1.82) is 0 Å². The van der Waals surface area contributed by atoms with Crippen LogP contribution in [-0.2, 0) is 0 Å². The summed E-state index contributed by atoms with van der Waals surface area (Å²) in [6, 6.07) is 0. The van der Waals surface area contributed by atoms with Gasteiger partial charge in [0.15, 0.2) is 0 Å². The van der Waals surface area contributed by atoms with Crippen molar-refractivity contribution in [3.05, 3.63) is 0 Å². The molecule has 0 nitrogen and oxygen atoms in total. The zero-order valence-corrected chi connectivity index (χ0v) is 8.78. The third kappa shape index (κ3) is 4.74. The Bertz CT molecular complexity index is 91.0. The molecule has 0 saturated carbocycles. The number of rotatable bonds is 7. The van der Waals surface area contributed by atoms with E-state index in [1.165, 1.54) is 12.8 Å². The van der Waals surface area contributed by atoms with E-state index in [1.54, 1.807) is 0 Å². The third-order valence-electron chi connectivity index (χ3n) is 2.53. The van der Waals surface area contributed by atoms with Gasteiger partial charge >= 0.3 is 0 Å². The fourth-order valence-electron chi connectivity index (χ4n) is 1.62. The van der Waals surface area contributed by atoms with Crippen LogP contribution in [0.1, 0.15) is 59.3 Å². The van der Waals surface area contributed by atoms with Gasteiger partial charge in [-0.2, -0.15) is 0 Å². The van der Waals surface area contributed by atoms with Gasteiger partial charge in [-0.25, -0.2) is 4.39 Å². The molecule has 0 spiro atoms. The van der Waals surface area contributed by atoms with Crippen LogP contribution in [0.3, 0.4) is 0 Å². The van der Waals surface area contributed by atoms with Gasteiger partial charge in [-0.1, -0.05) is 46.5 Å². The normalized spacial score (nSPS) is 16.0. The predicted octanol–water partition coefficient (Wildman–Crippen LogP) is 4.34. The average molecular weight is 174 g/mol. The summed E-state index contributed by atoms with van der Waals surface area (Å²) in [6.07, 6.45) is 5.63. The van der Waals surface area contributed by atoms with E-state index in [4.69, 9.17) is 0 Å². The van der Waals surface area contributed by atoms with E-state index in [-0.39, 0.29) is 0 Å². The standard InChI is InChI=1S/C11H23F/c1-4-7-9-10(6-3)11(12)8-5-2/h10-11H,4-9H2,1-3H3. The highest BCUT2D eigenvalue weighted by Crippen LogP contribution is 2.22. The van der Waals surface area contributed by atoms with Gasteiger partial charge in [0.05, 0.1) is 0 Å². The van der Waals surface area contributed by atoms with Crippen LogP contribution in [-0.4, -0.2) is 6.17 Å². The molecule has 0 N–H and O–H groups in total. The molecule has 1 heteroatoms. The number of hydrogen-bond donors (Lipinski definition) is 0. The number of alkyl halides is 1. The van der Waals surface area contributed by atoms with Gasteiger partial charge in [0.25, 0.3) is 0 Å². The second-order valence-electron chi connectivity index (χ2n) is 3.62. The molecule has 0 aromatic heterocycles. The molecular weight excluding hydrogens is 151 g/mol. The second-order valence-corrected chi connectivity index (χ2v) is 3.62. The molecule has 0 rings (SSSR count). The van der Waals surface area contributed by atoms with Crippen LogP contribution in [0.25, 0.3) is 0 Å². The van der Waals surface area contributed by atoms with E-state index in [1.807, 2.05) is 0 Å². The Morgan fingerprint density at radius 1 is 1.00 bits per heavy atom. The zero-order chi connectivity index (χ0) is 9.40. The van der Waals surface area contributed by atoms with E-state index in [0.717, 1.165) is 25.7 Å². The van der Waals surface area contributed by atoms with Gasteiger partial charge in [-0.15, -0.1) is 0 Å². The van der Waals surface area contributed by atoms with Crippen LogP contribution in [0, 0.1) is 5.92 Å². The van der Waals surface area contributed by atoms with Crippen molar-refractivity contribution in [3.63, 3.8) is 0 Å². The molecule has 0 amide bonds. The Kier molecular flexibility index (Phi) is 7.53. The van der Waals surface area contributed by atoms with E-state index < -0.39 is 6.17 Å². The minimum atomic E-state index is -0.549. The molecule has 0 fully saturated rings. The minimum absolute atomic E-state index is 0.324.